The number of nitrogens with one attached hydrogen (secondary N) is 1. The molecule has 3 aromatic rings. The highest BCUT2D eigenvalue weighted by Crippen LogP contribution is 2.23. The van der Waals surface area contributed by atoms with Crippen molar-refractivity contribution in [2.24, 2.45) is 0 Å². The van der Waals surface area contributed by atoms with Gasteiger partial charge in [0.1, 0.15) is 10.8 Å². The number of amides is 1. The van der Waals surface area contributed by atoms with Gasteiger partial charge in [0.15, 0.2) is 6.10 Å². The molecule has 0 saturated carbocycles. The number of benzene rings is 2. The van der Waals surface area contributed by atoms with Crippen LogP contribution in [0.4, 0.5) is 5.13 Å². The van der Waals surface area contributed by atoms with Gasteiger partial charge in [-0.2, -0.15) is 0 Å². The van der Waals surface area contributed by atoms with E-state index < -0.39 is 6.10 Å². The maximum absolute atomic E-state index is 12.1. The van der Waals surface area contributed by atoms with Crippen molar-refractivity contribution >= 4 is 22.4 Å². The molecule has 1 aromatic heterocycles. The van der Waals surface area contributed by atoms with Crippen molar-refractivity contribution in [2.45, 2.75) is 20.0 Å². The highest BCUT2D eigenvalue weighted by atomic mass is 32.1. The fraction of sp³-hybridized carbons (Fsp3) is 0.167. The van der Waals surface area contributed by atoms with Gasteiger partial charge >= 0.3 is 0 Å². The maximum Gasteiger partial charge on any atom is 0.266 e. The van der Waals surface area contributed by atoms with E-state index in [-0.39, 0.29) is 5.91 Å². The molecule has 0 saturated heterocycles. The summed E-state index contributed by atoms with van der Waals surface area (Å²) >= 11 is 1.33. The standard InChI is InChI=1S/C18H17N3O2S/c1-12(17(22)19-18-21-20-13(2)24-18)23-16-10-8-15(9-11-16)14-6-4-3-5-7-14/h3-12H,1-2H3,(H,19,21,22)/t12-/m1/s1. The largest absolute Gasteiger partial charge is 0.481 e. The van der Waals surface area contributed by atoms with Gasteiger partial charge in [-0.05, 0) is 37.1 Å². The molecule has 1 atom stereocenters. The minimum Gasteiger partial charge on any atom is -0.481 e. The van der Waals surface area contributed by atoms with Crippen molar-refractivity contribution in [3.05, 3.63) is 59.6 Å². The summed E-state index contributed by atoms with van der Waals surface area (Å²) in [6.45, 7) is 3.54. The number of hydrogen-bond donors (Lipinski definition) is 1. The van der Waals surface area contributed by atoms with Crippen molar-refractivity contribution in [1.82, 2.24) is 10.2 Å². The molecular weight excluding hydrogens is 322 g/mol. The number of aryl methyl sites for hydroxylation is 1. The Morgan fingerprint density at radius 2 is 1.71 bits per heavy atom. The molecule has 0 aliphatic rings. The van der Waals surface area contributed by atoms with Crippen molar-refractivity contribution in [3.63, 3.8) is 0 Å². The summed E-state index contributed by atoms with van der Waals surface area (Å²) in [6.07, 6.45) is -0.628. The molecule has 2 aromatic carbocycles. The van der Waals surface area contributed by atoms with E-state index in [1.807, 2.05) is 49.4 Å². The highest BCUT2D eigenvalue weighted by molar-refractivity contribution is 7.15. The van der Waals surface area contributed by atoms with Gasteiger partial charge in [-0.15, -0.1) is 10.2 Å². The van der Waals surface area contributed by atoms with Crippen LogP contribution in [0, 0.1) is 6.92 Å². The Labute approximate surface area is 144 Å². The lowest BCUT2D eigenvalue weighted by Crippen LogP contribution is -2.30. The lowest BCUT2D eigenvalue weighted by Gasteiger charge is -2.14. The maximum atomic E-state index is 12.1. The number of rotatable bonds is 5. The first-order valence-electron chi connectivity index (χ1n) is 7.55. The summed E-state index contributed by atoms with van der Waals surface area (Å²) in [6, 6.07) is 17.8. The second-order valence-corrected chi connectivity index (χ2v) is 6.45. The Hall–Kier alpha value is -2.73. The third-order valence-electron chi connectivity index (χ3n) is 3.40. The average Bonchev–Trinajstić information content (AvgIpc) is 3.01. The fourth-order valence-corrected chi connectivity index (χ4v) is 2.76. The van der Waals surface area contributed by atoms with Crippen LogP contribution in [0.3, 0.4) is 0 Å². The van der Waals surface area contributed by atoms with E-state index in [0.29, 0.717) is 10.9 Å². The van der Waals surface area contributed by atoms with Gasteiger partial charge in [0.25, 0.3) is 5.91 Å². The Morgan fingerprint density at radius 1 is 1.04 bits per heavy atom. The van der Waals surface area contributed by atoms with Gasteiger partial charge in [0.2, 0.25) is 5.13 Å². The molecule has 0 unspecified atom stereocenters. The number of nitrogens with zero attached hydrogens (tertiary/aromatic N) is 2. The Morgan fingerprint density at radius 3 is 2.33 bits per heavy atom. The number of aromatic nitrogens is 2. The topological polar surface area (TPSA) is 64.1 Å². The molecule has 1 N–H and O–H groups in total. The molecule has 1 amide bonds. The Bertz CT molecular complexity index is 816. The van der Waals surface area contributed by atoms with E-state index >= 15 is 0 Å². The fourth-order valence-electron chi connectivity index (χ4n) is 2.17. The number of anilines is 1. The van der Waals surface area contributed by atoms with E-state index in [1.165, 1.54) is 11.3 Å². The van der Waals surface area contributed by atoms with Crippen LogP contribution in [0.25, 0.3) is 11.1 Å². The molecule has 0 fully saturated rings. The van der Waals surface area contributed by atoms with Crippen molar-refractivity contribution < 1.29 is 9.53 Å². The smallest absolute Gasteiger partial charge is 0.266 e. The Balaban J connectivity index is 1.62. The van der Waals surface area contributed by atoms with Crippen molar-refractivity contribution in [3.8, 4) is 16.9 Å². The molecule has 6 heteroatoms. The average molecular weight is 339 g/mol. The third kappa shape index (κ3) is 3.97. The van der Waals surface area contributed by atoms with Gasteiger partial charge in [0, 0.05) is 0 Å². The monoisotopic (exact) mass is 339 g/mol. The first-order chi connectivity index (χ1) is 11.6. The zero-order chi connectivity index (χ0) is 16.9. The minimum atomic E-state index is -0.628. The SMILES string of the molecule is Cc1nnc(NC(=O)[C@@H](C)Oc2ccc(-c3ccccc3)cc2)s1. The summed E-state index contributed by atoms with van der Waals surface area (Å²) < 4.78 is 5.69. The molecule has 0 spiro atoms. The number of carbonyl (C=O) groups is 1. The molecule has 122 valence electrons. The van der Waals surface area contributed by atoms with Gasteiger partial charge < -0.3 is 4.74 Å². The normalized spacial score (nSPS) is 11.8. The Kier molecular flexibility index (Phi) is 4.86. The summed E-state index contributed by atoms with van der Waals surface area (Å²) in [7, 11) is 0. The van der Waals surface area contributed by atoms with E-state index in [9.17, 15) is 4.79 Å². The quantitative estimate of drug-likeness (QED) is 0.765. The summed E-state index contributed by atoms with van der Waals surface area (Å²) in [4.78, 5) is 12.1. The van der Waals surface area contributed by atoms with Crippen molar-refractivity contribution in [1.29, 1.82) is 0 Å². The molecule has 0 aliphatic heterocycles. The lowest BCUT2D eigenvalue weighted by molar-refractivity contribution is -0.122. The number of hydrogen-bond acceptors (Lipinski definition) is 5. The molecular formula is C18H17N3O2S. The van der Waals surface area contributed by atoms with E-state index in [1.54, 1.807) is 6.92 Å². The van der Waals surface area contributed by atoms with Crippen LogP contribution in [0.15, 0.2) is 54.6 Å². The van der Waals surface area contributed by atoms with E-state index in [4.69, 9.17) is 4.74 Å². The van der Waals surface area contributed by atoms with Gasteiger partial charge in [-0.1, -0.05) is 53.8 Å². The van der Waals surface area contributed by atoms with Gasteiger partial charge in [0.05, 0.1) is 0 Å². The van der Waals surface area contributed by atoms with Crippen LogP contribution >= 0.6 is 11.3 Å². The molecule has 3 rings (SSSR count). The molecule has 5 nitrogen and oxygen atoms in total. The first-order valence-corrected chi connectivity index (χ1v) is 8.36. The van der Waals surface area contributed by atoms with Crippen molar-refractivity contribution in [2.75, 3.05) is 5.32 Å². The van der Waals surface area contributed by atoms with Crippen LogP contribution in [-0.4, -0.2) is 22.2 Å². The van der Waals surface area contributed by atoms with Crippen LogP contribution in [0.2, 0.25) is 0 Å². The van der Waals surface area contributed by atoms with Crippen LogP contribution in [-0.2, 0) is 4.79 Å². The van der Waals surface area contributed by atoms with Crippen LogP contribution in [0.5, 0.6) is 5.75 Å². The third-order valence-corrected chi connectivity index (χ3v) is 4.15. The predicted molar refractivity (Wildman–Crippen MR) is 95.2 cm³/mol. The molecule has 1 heterocycles. The number of ether oxygens (including phenoxy) is 1. The van der Waals surface area contributed by atoms with Gasteiger partial charge in [-0.25, -0.2) is 0 Å². The van der Waals surface area contributed by atoms with Gasteiger partial charge in [-0.3, -0.25) is 10.1 Å². The molecule has 24 heavy (non-hydrogen) atoms. The molecule has 0 radical (unpaired) electrons. The zero-order valence-electron chi connectivity index (χ0n) is 13.4. The predicted octanol–water partition coefficient (Wildman–Crippen LogP) is 3.92. The second-order valence-electron chi connectivity index (χ2n) is 5.27. The zero-order valence-corrected chi connectivity index (χ0v) is 14.2. The van der Waals surface area contributed by atoms with E-state index in [2.05, 4.69) is 27.6 Å². The minimum absolute atomic E-state index is 0.252. The molecule has 0 bridgehead atoms. The summed E-state index contributed by atoms with van der Waals surface area (Å²) in [5.41, 5.74) is 2.24. The summed E-state index contributed by atoms with van der Waals surface area (Å²) in [5, 5.41) is 11.7. The van der Waals surface area contributed by atoms with Crippen LogP contribution < -0.4 is 10.1 Å². The highest BCUT2D eigenvalue weighted by Gasteiger charge is 2.16. The summed E-state index contributed by atoms with van der Waals surface area (Å²) in [5.74, 6) is 0.393. The lowest BCUT2D eigenvalue weighted by atomic mass is 10.1. The molecule has 0 aliphatic carbocycles. The second kappa shape index (κ2) is 7.23. The van der Waals surface area contributed by atoms with E-state index in [0.717, 1.165) is 16.1 Å². The number of carbonyl (C=O) groups excluding carboxylic acids is 1. The van der Waals surface area contributed by atoms with Crippen LogP contribution in [0.1, 0.15) is 11.9 Å². The first kappa shape index (κ1) is 16.1.